The van der Waals surface area contributed by atoms with Crippen molar-refractivity contribution in [1.82, 2.24) is 4.98 Å². The molecule has 1 aromatic heterocycles. The summed E-state index contributed by atoms with van der Waals surface area (Å²) in [6.07, 6.45) is 3.68. The van der Waals surface area contributed by atoms with Crippen molar-refractivity contribution in [3.8, 4) is 0 Å². The predicted octanol–water partition coefficient (Wildman–Crippen LogP) is 5.08. The zero-order valence-corrected chi connectivity index (χ0v) is 15.9. The van der Waals surface area contributed by atoms with Crippen molar-refractivity contribution in [3.05, 3.63) is 88.5 Å². The Bertz CT molecular complexity index is 990. The second kappa shape index (κ2) is 7.98. The van der Waals surface area contributed by atoms with Crippen molar-refractivity contribution in [3.63, 3.8) is 0 Å². The Labute approximate surface area is 168 Å². The van der Waals surface area contributed by atoms with E-state index < -0.39 is 0 Å². The summed E-state index contributed by atoms with van der Waals surface area (Å²) in [6, 6.07) is 15.2. The van der Waals surface area contributed by atoms with Crippen molar-refractivity contribution >= 4 is 28.9 Å². The van der Waals surface area contributed by atoms with Crippen LogP contribution in [0.4, 0.5) is 15.8 Å². The number of nitrogens with zero attached hydrogens (tertiary/aromatic N) is 2. The lowest BCUT2D eigenvalue weighted by atomic mass is 9.99. The fourth-order valence-corrected chi connectivity index (χ4v) is 3.61. The van der Waals surface area contributed by atoms with Gasteiger partial charge in [-0.15, -0.1) is 0 Å². The van der Waals surface area contributed by atoms with Gasteiger partial charge in [0, 0.05) is 36.2 Å². The summed E-state index contributed by atoms with van der Waals surface area (Å²) in [5.74, 6) is -0.603. The molecule has 3 aromatic rings. The molecule has 0 bridgehead atoms. The van der Waals surface area contributed by atoms with Gasteiger partial charge in [-0.3, -0.25) is 4.79 Å². The molecule has 2 aromatic carbocycles. The maximum Gasteiger partial charge on any atom is 0.255 e. The molecule has 6 heteroatoms. The maximum atomic E-state index is 13.1. The summed E-state index contributed by atoms with van der Waals surface area (Å²) < 4.78 is 13.1. The molecular weight excluding hydrogens is 377 g/mol. The Balaban J connectivity index is 1.57. The number of hydrogen-bond acceptors (Lipinski definition) is 3. The number of pyridine rings is 1. The van der Waals surface area contributed by atoms with Gasteiger partial charge in [0.2, 0.25) is 0 Å². The Morgan fingerprint density at radius 1 is 1.14 bits per heavy atom. The minimum atomic E-state index is -0.360. The molecule has 0 saturated carbocycles. The van der Waals surface area contributed by atoms with Crippen LogP contribution < -0.4 is 10.2 Å². The first kappa shape index (κ1) is 18.4. The second-order valence-corrected chi connectivity index (χ2v) is 7.17. The van der Waals surface area contributed by atoms with E-state index in [1.807, 2.05) is 18.2 Å². The van der Waals surface area contributed by atoms with Gasteiger partial charge in [0.1, 0.15) is 11.0 Å². The van der Waals surface area contributed by atoms with E-state index in [9.17, 15) is 9.18 Å². The van der Waals surface area contributed by atoms with Crippen LogP contribution in [0.15, 0.2) is 60.8 Å². The lowest BCUT2D eigenvalue weighted by Crippen LogP contribution is -2.29. The summed E-state index contributed by atoms with van der Waals surface area (Å²) in [6.45, 7) is 1.66. The highest BCUT2D eigenvalue weighted by atomic mass is 35.5. The molecule has 0 aliphatic carbocycles. The predicted molar refractivity (Wildman–Crippen MR) is 109 cm³/mol. The lowest BCUT2D eigenvalue weighted by Gasteiger charge is -2.32. The summed E-state index contributed by atoms with van der Waals surface area (Å²) in [4.78, 5) is 19.0. The number of nitrogens with one attached hydrogen (secondary N) is 1. The molecule has 142 valence electrons. The van der Waals surface area contributed by atoms with Crippen molar-refractivity contribution < 1.29 is 9.18 Å². The summed E-state index contributed by atoms with van der Waals surface area (Å²) in [5, 5.41) is 3.46. The third-order valence-corrected chi connectivity index (χ3v) is 5.09. The highest BCUT2D eigenvalue weighted by Gasteiger charge is 2.21. The van der Waals surface area contributed by atoms with Crippen molar-refractivity contribution in [2.45, 2.75) is 19.4 Å². The average molecular weight is 396 g/mol. The van der Waals surface area contributed by atoms with E-state index in [1.54, 1.807) is 12.3 Å². The van der Waals surface area contributed by atoms with Crippen LogP contribution in [0.5, 0.6) is 0 Å². The Morgan fingerprint density at radius 2 is 1.96 bits per heavy atom. The van der Waals surface area contributed by atoms with E-state index in [0.29, 0.717) is 10.7 Å². The first-order chi connectivity index (χ1) is 13.6. The molecule has 0 saturated heterocycles. The Hall–Kier alpha value is -2.92. The number of hydrogen-bond donors (Lipinski definition) is 1. The van der Waals surface area contributed by atoms with Crippen LogP contribution in [-0.4, -0.2) is 17.4 Å². The number of carbonyl (C=O) groups is 1. The fraction of sp³-hybridized carbons (Fsp3) is 0.182. The largest absolute Gasteiger partial charge is 0.367 e. The number of fused-ring (bicyclic) bond motifs is 1. The highest BCUT2D eigenvalue weighted by Crippen LogP contribution is 2.34. The number of halogens is 2. The van der Waals surface area contributed by atoms with E-state index in [-0.39, 0.29) is 11.7 Å². The van der Waals surface area contributed by atoms with Gasteiger partial charge in [-0.25, -0.2) is 9.37 Å². The van der Waals surface area contributed by atoms with Crippen LogP contribution in [0.25, 0.3) is 0 Å². The van der Waals surface area contributed by atoms with E-state index in [2.05, 4.69) is 21.3 Å². The van der Waals surface area contributed by atoms with E-state index >= 15 is 0 Å². The van der Waals surface area contributed by atoms with Crippen molar-refractivity contribution in [2.75, 3.05) is 16.8 Å². The first-order valence-corrected chi connectivity index (χ1v) is 9.52. The van der Waals surface area contributed by atoms with Crippen LogP contribution >= 0.6 is 11.6 Å². The third-order valence-electron chi connectivity index (χ3n) is 4.86. The Kier molecular flexibility index (Phi) is 5.26. The molecule has 0 spiro atoms. The quantitative estimate of drug-likeness (QED) is 0.626. The van der Waals surface area contributed by atoms with E-state index in [0.717, 1.165) is 48.4 Å². The minimum absolute atomic E-state index is 0.243. The van der Waals surface area contributed by atoms with Gasteiger partial charge in [-0.05, 0) is 66.4 Å². The molecule has 4 rings (SSSR count). The van der Waals surface area contributed by atoms with Gasteiger partial charge in [0.05, 0.1) is 0 Å². The monoisotopic (exact) mass is 395 g/mol. The van der Waals surface area contributed by atoms with Crippen LogP contribution in [0.3, 0.4) is 0 Å². The fourth-order valence-electron chi connectivity index (χ4n) is 3.50. The number of amides is 1. The maximum absolute atomic E-state index is 13.1. The summed E-state index contributed by atoms with van der Waals surface area (Å²) in [5.41, 5.74) is 4.53. The van der Waals surface area contributed by atoms with Gasteiger partial charge >= 0.3 is 0 Å². The molecule has 4 nitrogen and oxygen atoms in total. The molecule has 0 fully saturated rings. The highest BCUT2D eigenvalue weighted by molar-refractivity contribution is 6.29. The summed E-state index contributed by atoms with van der Waals surface area (Å²) >= 11 is 5.88. The van der Waals surface area contributed by atoms with Gasteiger partial charge < -0.3 is 10.2 Å². The average Bonchev–Trinajstić information content (AvgIpc) is 2.71. The standard InChI is InChI=1S/C22H19ClFN3O/c23-21-11-6-15(13-25-21)14-27-12-2-3-18-19(4-1-5-20(18)27)26-22(28)16-7-9-17(24)10-8-16/h1,4-11,13H,2-3,12,14H2,(H,26,28). The molecule has 1 aliphatic rings. The normalized spacial score (nSPS) is 13.1. The van der Waals surface area contributed by atoms with Gasteiger partial charge in [-0.1, -0.05) is 23.7 Å². The van der Waals surface area contributed by atoms with Crippen LogP contribution in [0.1, 0.15) is 27.9 Å². The van der Waals surface area contributed by atoms with E-state index in [1.165, 1.54) is 24.3 Å². The van der Waals surface area contributed by atoms with Gasteiger partial charge in [0.15, 0.2) is 0 Å². The Morgan fingerprint density at radius 3 is 2.71 bits per heavy atom. The van der Waals surface area contributed by atoms with Crippen molar-refractivity contribution in [2.24, 2.45) is 0 Å². The van der Waals surface area contributed by atoms with Crippen LogP contribution in [0.2, 0.25) is 5.15 Å². The molecule has 28 heavy (non-hydrogen) atoms. The SMILES string of the molecule is O=C(Nc1cccc2c1CCCN2Cc1ccc(Cl)nc1)c1ccc(F)cc1. The molecule has 0 radical (unpaired) electrons. The number of anilines is 2. The minimum Gasteiger partial charge on any atom is -0.367 e. The first-order valence-electron chi connectivity index (χ1n) is 9.14. The molecule has 1 aliphatic heterocycles. The molecule has 0 unspecified atom stereocenters. The zero-order valence-electron chi connectivity index (χ0n) is 15.2. The van der Waals surface area contributed by atoms with Crippen LogP contribution in [0, 0.1) is 5.82 Å². The molecule has 1 N–H and O–H groups in total. The lowest BCUT2D eigenvalue weighted by molar-refractivity contribution is 0.102. The van der Waals surface area contributed by atoms with Gasteiger partial charge in [-0.2, -0.15) is 0 Å². The smallest absolute Gasteiger partial charge is 0.255 e. The number of rotatable bonds is 4. The molecule has 1 amide bonds. The molecule has 2 heterocycles. The van der Waals surface area contributed by atoms with Gasteiger partial charge in [0.25, 0.3) is 5.91 Å². The molecule has 0 atom stereocenters. The number of aromatic nitrogens is 1. The van der Waals surface area contributed by atoms with Crippen LogP contribution in [-0.2, 0) is 13.0 Å². The third kappa shape index (κ3) is 3.99. The second-order valence-electron chi connectivity index (χ2n) is 6.78. The number of carbonyl (C=O) groups excluding carboxylic acids is 1. The molecular formula is C22H19ClFN3O. The number of benzene rings is 2. The van der Waals surface area contributed by atoms with E-state index in [4.69, 9.17) is 11.6 Å². The van der Waals surface area contributed by atoms with Crippen molar-refractivity contribution in [1.29, 1.82) is 0 Å². The topological polar surface area (TPSA) is 45.2 Å². The zero-order chi connectivity index (χ0) is 19.5. The summed E-state index contributed by atoms with van der Waals surface area (Å²) in [7, 11) is 0.